The fraction of sp³-hybridized carbons (Fsp3) is 0.714. The highest BCUT2D eigenvalue weighted by Crippen LogP contribution is 2.55. The Morgan fingerprint density at radius 1 is 0.538 bits per heavy atom. The van der Waals surface area contributed by atoms with E-state index in [1.54, 1.807) is 15.6 Å². The van der Waals surface area contributed by atoms with E-state index in [-0.39, 0.29) is 0 Å². The van der Waals surface area contributed by atoms with E-state index >= 15 is 0 Å². The molecule has 0 saturated carbocycles. The predicted molar refractivity (Wildman–Crippen MR) is 191 cm³/mol. The molecule has 0 unspecified atom stereocenters. The van der Waals surface area contributed by atoms with Crippen LogP contribution in [-0.4, -0.2) is 38.4 Å². The molecule has 0 aliphatic carbocycles. The first kappa shape index (κ1) is 35.1. The summed E-state index contributed by atoms with van der Waals surface area (Å²) in [5.74, 6) is 0. The number of hydrogen-bond acceptors (Lipinski definition) is 0. The molecule has 0 fully saturated rings. The van der Waals surface area contributed by atoms with E-state index < -0.39 is 38.4 Å². The molecule has 39 heavy (non-hydrogen) atoms. The highest BCUT2D eigenvalue weighted by Gasteiger charge is 2.58. The topological polar surface area (TPSA) is 0 Å². The summed E-state index contributed by atoms with van der Waals surface area (Å²) in [6, 6.07) is 5.03. The molecule has 1 aliphatic heterocycles. The van der Waals surface area contributed by atoms with Crippen LogP contribution in [0.15, 0.2) is 32.4 Å². The summed E-state index contributed by atoms with van der Waals surface area (Å²) in [6.07, 6.45) is 5.97. The van der Waals surface area contributed by atoms with E-state index in [1.807, 2.05) is 0 Å². The van der Waals surface area contributed by atoms with Gasteiger partial charge in [0.1, 0.15) is 0 Å². The molecule has 4 heteroatoms. The smallest absolute Gasteiger partial charge is 0.133 e. The lowest BCUT2D eigenvalue weighted by molar-refractivity contribution is 0.823. The van der Waals surface area contributed by atoms with Gasteiger partial charge in [0.25, 0.3) is 0 Å². The van der Waals surface area contributed by atoms with Gasteiger partial charge >= 0.3 is 14.1 Å². The molecule has 220 valence electrons. The highest BCUT2D eigenvalue weighted by molar-refractivity contribution is 7.16. The minimum absolute atomic E-state index is 0.656. The van der Waals surface area contributed by atoms with Gasteiger partial charge in [-0.1, -0.05) is 136 Å². The fourth-order valence-electron chi connectivity index (χ4n) is 10.0. The first-order valence-electron chi connectivity index (χ1n) is 16.2. The molecule has 1 aromatic rings. The molecule has 0 N–H and O–H groups in total. The fourth-order valence-corrected chi connectivity index (χ4v) is 40.1. The van der Waals surface area contributed by atoms with Crippen LogP contribution < -0.4 is 4.43 Å². The first-order chi connectivity index (χ1) is 17.7. The molecule has 2 rings (SSSR count). The molecule has 0 bridgehead atoms. The van der Waals surface area contributed by atoms with E-state index in [0.29, 0.717) is 5.54 Å². The van der Waals surface area contributed by atoms with Crippen LogP contribution in [0.3, 0.4) is 0 Å². The van der Waals surface area contributed by atoms with Crippen molar-refractivity contribution in [1.82, 2.24) is 0 Å². The average Bonchev–Trinajstić information content (AvgIpc) is 2.72. The number of aryl methyl sites for hydroxylation is 3. The molecule has 0 atom stereocenters. The number of hydrogen-bond donors (Lipinski definition) is 0. The number of benzene rings is 1. The Hall–Kier alpha value is -0.117. The Labute approximate surface area is 253 Å². The average molecular weight is 597 g/mol. The summed E-state index contributed by atoms with van der Waals surface area (Å²) < 4.78 is 5.91. The van der Waals surface area contributed by atoms with Crippen LogP contribution in [0.25, 0.3) is 0 Å². The summed E-state index contributed by atoms with van der Waals surface area (Å²) in [6.45, 7) is 46.4. The normalized spacial score (nSPS) is 16.5. The number of allylic oxidation sites excluding steroid dienone is 2. The zero-order valence-electron chi connectivity index (χ0n) is 29.4. The van der Waals surface area contributed by atoms with Crippen molar-refractivity contribution in [3.05, 3.63) is 49.1 Å². The van der Waals surface area contributed by atoms with Crippen LogP contribution in [0.1, 0.15) is 99.8 Å². The van der Waals surface area contributed by atoms with Crippen molar-refractivity contribution in [3.63, 3.8) is 0 Å². The molecule has 0 spiro atoms. The summed E-state index contributed by atoms with van der Waals surface area (Å²) >= 11 is -1.64. The van der Waals surface area contributed by atoms with Gasteiger partial charge in [-0.25, -0.2) is 0 Å². The van der Waals surface area contributed by atoms with Gasteiger partial charge in [-0.05, 0) is 59.6 Å². The maximum absolute atomic E-state index is 2.98. The summed E-state index contributed by atoms with van der Waals surface area (Å²) in [4.78, 5) is 0. The monoisotopic (exact) mass is 596 g/mol. The predicted octanol–water partition coefficient (Wildman–Crippen LogP) is 11.4. The van der Waals surface area contributed by atoms with Crippen LogP contribution in [0.4, 0.5) is 0 Å². The van der Waals surface area contributed by atoms with Crippen LogP contribution >= 0.6 is 0 Å². The van der Waals surface area contributed by atoms with E-state index in [4.69, 9.17) is 0 Å². The molecule has 0 amide bonds. The lowest BCUT2D eigenvalue weighted by Gasteiger charge is -2.55. The zero-order valence-corrected chi connectivity index (χ0v) is 33.6. The Bertz CT molecular complexity index is 949. The molecule has 0 radical (unpaired) electrons. The van der Waals surface area contributed by atoms with Gasteiger partial charge in [0.05, 0.1) is 24.2 Å². The third kappa shape index (κ3) is 6.04. The van der Waals surface area contributed by atoms with Gasteiger partial charge in [0, 0.05) is 0 Å². The Balaban J connectivity index is 3.30. The molecular formula is C35H65AlSi3. The van der Waals surface area contributed by atoms with Gasteiger partial charge < -0.3 is 0 Å². The van der Waals surface area contributed by atoms with Gasteiger partial charge in [0.2, 0.25) is 0 Å². The molecule has 0 aromatic heterocycles. The van der Waals surface area contributed by atoms with Crippen LogP contribution in [0.2, 0.25) is 58.4 Å². The van der Waals surface area contributed by atoms with Crippen molar-refractivity contribution < 1.29 is 0 Å². The van der Waals surface area contributed by atoms with Crippen molar-refractivity contribution in [3.8, 4) is 0 Å². The van der Waals surface area contributed by atoms with Crippen molar-refractivity contribution in [2.45, 2.75) is 162 Å². The van der Waals surface area contributed by atoms with Gasteiger partial charge in [0.15, 0.2) is 0 Å². The number of rotatable bonds is 10. The van der Waals surface area contributed by atoms with Crippen molar-refractivity contribution >= 4 is 42.8 Å². The third-order valence-electron chi connectivity index (χ3n) is 11.1. The molecule has 0 saturated heterocycles. The quantitative estimate of drug-likeness (QED) is 0.236. The van der Waals surface area contributed by atoms with Crippen molar-refractivity contribution in [1.29, 1.82) is 0 Å². The van der Waals surface area contributed by atoms with Crippen molar-refractivity contribution in [2.24, 2.45) is 0 Å². The minimum Gasteiger partial charge on any atom is -0.133 e. The maximum Gasteiger partial charge on any atom is 0.366 e. The van der Waals surface area contributed by atoms with Gasteiger partial charge in [-0.3, -0.25) is 0 Å². The van der Waals surface area contributed by atoms with E-state index in [1.165, 1.54) is 5.56 Å². The van der Waals surface area contributed by atoms with Gasteiger partial charge in [-0.15, -0.1) is 20.3 Å². The van der Waals surface area contributed by atoms with E-state index in [2.05, 4.69) is 156 Å². The Kier molecular flexibility index (Phi) is 11.4. The largest absolute Gasteiger partial charge is 0.366 e. The molecule has 0 nitrogen and oxygen atoms in total. The zero-order chi connectivity index (χ0) is 30.4. The maximum atomic E-state index is 2.98. The first-order valence-corrected chi connectivity index (χ1v) is 26.0. The standard InChI is InChI=1S/C26H54Si3.C9H11.Al/c1-20(2)28(21(3)4,22(5)6)18-16-26(27(13,14)15)17-19-29(23(7)8,24(9)10)25(11)12;1-7-4-8(2)6-9(3)5-7;/h16-17,20-26H,1-15H3;4-5H,1-3H3;. The second-order valence-electron chi connectivity index (χ2n) is 16.2. The van der Waals surface area contributed by atoms with Gasteiger partial charge in [-0.2, -0.15) is 0 Å². The summed E-state index contributed by atoms with van der Waals surface area (Å²) in [5, 5.41) is 0. The van der Waals surface area contributed by atoms with E-state index in [9.17, 15) is 0 Å². The van der Waals surface area contributed by atoms with Crippen LogP contribution in [-0.2, 0) is 0 Å². The minimum atomic E-state index is -1.85. The summed E-state index contributed by atoms with van der Waals surface area (Å²) in [7, 11) is -5.16. The summed E-state index contributed by atoms with van der Waals surface area (Å²) in [5.41, 5.74) is 9.73. The third-order valence-corrected chi connectivity index (χ3v) is 35.1. The second kappa shape index (κ2) is 12.6. The lowest BCUT2D eigenvalue weighted by atomic mass is 10.1. The molecule has 1 aliphatic rings. The van der Waals surface area contributed by atoms with Crippen LogP contribution in [0, 0.1) is 20.8 Å². The second-order valence-corrected chi connectivity index (χ2v) is 37.2. The molecule has 1 aromatic carbocycles. The lowest BCUT2D eigenvalue weighted by Crippen LogP contribution is -2.62. The van der Waals surface area contributed by atoms with Crippen LogP contribution in [0.5, 0.6) is 0 Å². The Morgan fingerprint density at radius 3 is 1.05 bits per heavy atom. The van der Waals surface area contributed by atoms with Crippen molar-refractivity contribution in [2.75, 3.05) is 0 Å². The SMILES string of the molecule is Cc1cc(C)[c]([Al]2[C]([Si](C(C)C)(C(C)C)C(C)C)=CC([Si](C)(C)C)C=[C]2[Si](C(C)C)(C(C)C)C(C)C)c(C)c1. The molecular weight excluding hydrogens is 532 g/mol. The Morgan fingerprint density at radius 2 is 0.821 bits per heavy atom. The highest BCUT2D eigenvalue weighted by atomic mass is 28.3. The molecule has 1 heterocycles. The van der Waals surface area contributed by atoms with E-state index in [0.717, 1.165) is 33.2 Å².